The Morgan fingerprint density at radius 3 is 1.75 bits per heavy atom. The molecule has 3 nitrogen and oxygen atoms in total. The molecule has 0 aliphatic rings. The molecule has 2 N–H and O–H groups in total. The smallest absolute Gasteiger partial charge is 0.375 e. The van der Waals surface area contributed by atoms with Crippen molar-refractivity contribution in [2.24, 2.45) is 0 Å². The average Bonchev–Trinajstić information content (AvgIpc) is 2.79. The quantitative estimate of drug-likeness (QED) is 0.203. The summed E-state index contributed by atoms with van der Waals surface area (Å²) in [6, 6.07) is 29.1. The van der Waals surface area contributed by atoms with Crippen LogP contribution in [0.15, 0.2) is 84.9 Å². The van der Waals surface area contributed by atoms with Gasteiger partial charge in [-0.05, 0) is 42.0 Å². The van der Waals surface area contributed by atoms with E-state index in [1.54, 1.807) is 6.07 Å². The second-order valence-corrected chi connectivity index (χ2v) is 10.8. The molecule has 0 spiro atoms. The first-order chi connectivity index (χ1) is 15.5. The van der Waals surface area contributed by atoms with Gasteiger partial charge in [0.1, 0.15) is 5.75 Å². The van der Waals surface area contributed by atoms with Crippen molar-refractivity contribution in [3.63, 3.8) is 0 Å². The number of hydrogen-bond acceptors (Lipinski definition) is 2. The number of hydrogen-bond donors (Lipinski definition) is 2. The molecule has 3 rings (SSSR count). The fourth-order valence-corrected chi connectivity index (χ4v) is 4.87. The maximum absolute atomic E-state index is 9.43. The average molecular weight is 469 g/mol. The third-order valence-electron chi connectivity index (χ3n) is 5.78. The predicted octanol–water partition coefficient (Wildman–Crippen LogP) is 7.38. The van der Waals surface area contributed by atoms with Crippen molar-refractivity contribution in [1.82, 2.24) is 0 Å². The Morgan fingerprint density at radius 2 is 1.16 bits per heavy atom. The second kappa shape index (κ2) is 12.9. The highest BCUT2D eigenvalue weighted by Gasteiger charge is 2.14. The molecule has 0 bridgehead atoms. The first kappa shape index (κ1) is 24.7. The Balaban J connectivity index is 1.38. The molecule has 0 atom stereocenters. The standard InChI is InChI=1S/C27H33O3PS/c28-31(29,32)30-27-22-14-13-20-25(27)19-7-3-1-2-4-12-21-26(23-15-8-5-9-16-23)24-17-10-6-11-18-24/h5-6,8-11,13-18,20,22,26H,1-4,7,12,19,21H2,(H2,28,29,32). The van der Waals surface area contributed by atoms with E-state index in [1.165, 1.54) is 43.2 Å². The van der Waals surface area contributed by atoms with E-state index in [4.69, 9.17) is 4.52 Å². The second-order valence-electron chi connectivity index (χ2n) is 8.22. The van der Waals surface area contributed by atoms with Gasteiger partial charge in [0.25, 0.3) is 0 Å². The third-order valence-corrected chi connectivity index (χ3v) is 6.44. The topological polar surface area (TPSA) is 49.7 Å². The molecule has 5 heteroatoms. The third kappa shape index (κ3) is 8.52. The van der Waals surface area contributed by atoms with E-state index in [1.807, 2.05) is 18.2 Å². The summed E-state index contributed by atoms with van der Waals surface area (Å²) in [4.78, 5) is 18.9. The maximum atomic E-state index is 9.43. The Labute approximate surface area is 197 Å². The SMILES string of the molecule is OP(O)(=S)Oc1ccccc1CCCCCCCCC(c1ccccc1)c1ccccc1. The summed E-state index contributed by atoms with van der Waals surface area (Å²) >= 11 is 4.60. The van der Waals surface area contributed by atoms with Crippen molar-refractivity contribution < 1.29 is 14.3 Å². The first-order valence-corrected chi connectivity index (χ1v) is 14.1. The minimum absolute atomic E-state index is 0.464. The summed E-state index contributed by atoms with van der Waals surface area (Å²) in [5.41, 5.74) is 3.78. The van der Waals surface area contributed by atoms with Gasteiger partial charge >= 0.3 is 6.72 Å². The molecule has 170 valence electrons. The van der Waals surface area contributed by atoms with Crippen LogP contribution in [-0.4, -0.2) is 9.79 Å². The van der Waals surface area contributed by atoms with Crippen molar-refractivity contribution in [3.8, 4) is 5.75 Å². The van der Waals surface area contributed by atoms with Gasteiger partial charge < -0.3 is 14.3 Å². The number of benzene rings is 3. The van der Waals surface area contributed by atoms with Gasteiger partial charge in [-0.15, -0.1) is 0 Å². The molecule has 0 saturated carbocycles. The molecule has 0 fully saturated rings. The van der Waals surface area contributed by atoms with Crippen molar-refractivity contribution in [2.45, 2.75) is 57.3 Å². The molecule has 0 heterocycles. The monoisotopic (exact) mass is 468 g/mol. The van der Waals surface area contributed by atoms with Crippen LogP contribution < -0.4 is 4.52 Å². The Bertz CT molecular complexity index is 933. The van der Waals surface area contributed by atoms with Crippen LogP contribution in [0.4, 0.5) is 0 Å². The summed E-state index contributed by atoms with van der Waals surface area (Å²) < 4.78 is 5.18. The van der Waals surface area contributed by atoms with E-state index in [0.717, 1.165) is 24.8 Å². The van der Waals surface area contributed by atoms with Crippen molar-refractivity contribution in [3.05, 3.63) is 102 Å². The minimum atomic E-state index is -3.69. The molecule has 32 heavy (non-hydrogen) atoms. The number of para-hydroxylation sites is 1. The summed E-state index contributed by atoms with van der Waals surface area (Å²) in [5, 5.41) is 0. The van der Waals surface area contributed by atoms with Gasteiger partial charge in [-0.1, -0.05) is 111 Å². The van der Waals surface area contributed by atoms with Gasteiger partial charge in [-0.2, -0.15) is 0 Å². The van der Waals surface area contributed by atoms with E-state index in [9.17, 15) is 9.79 Å². The molecule has 3 aromatic carbocycles. The van der Waals surface area contributed by atoms with Gasteiger partial charge in [0.2, 0.25) is 0 Å². The van der Waals surface area contributed by atoms with Crippen molar-refractivity contribution in [1.29, 1.82) is 0 Å². The molecular weight excluding hydrogens is 435 g/mol. The molecule has 0 saturated heterocycles. The first-order valence-electron chi connectivity index (χ1n) is 11.5. The normalized spacial score (nSPS) is 11.6. The molecular formula is C27H33O3PS. The zero-order valence-corrected chi connectivity index (χ0v) is 20.2. The van der Waals surface area contributed by atoms with E-state index < -0.39 is 6.72 Å². The number of unbranched alkanes of at least 4 members (excludes halogenated alkanes) is 5. The summed E-state index contributed by atoms with van der Waals surface area (Å²) in [6.07, 6.45) is 9.16. The van der Waals surface area contributed by atoms with Gasteiger partial charge in [0.05, 0.1) is 0 Å². The van der Waals surface area contributed by atoms with Gasteiger partial charge in [0, 0.05) is 17.7 Å². The summed E-state index contributed by atoms with van der Waals surface area (Å²) in [7, 11) is 0. The van der Waals surface area contributed by atoms with Crippen LogP contribution in [0.25, 0.3) is 0 Å². The van der Waals surface area contributed by atoms with Gasteiger partial charge in [0.15, 0.2) is 0 Å². The fourth-order valence-electron chi connectivity index (χ4n) is 4.20. The van der Waals surface area contributed by atoms with Crippen molar-refractivity contribution >= 4 is 18.5 Å². The van der Waals surface area contributed by atoms with Crippen LogP contribution in [0, 0.1) is 0 Å². The lowest BCUT2D eigenvalue weighted by atomic mass is 9.87. The Hall–Kier alpha value is -1.97. The lowest BCUT2D eigenvalue weighted by Gasteiger charge is -2.18. The molecule has 0 aromatic heterocycles. The summed E-state index contributed by atoms with van der Waals surface area (Å²) in [6.45, 7) is -3.69. The lowest BCUT2D eigenvalue weighted by Crippen LogP contribution is -2.01. The van der Waals surface area contributed by atoms with E-state index in [2.05, 4.69) is 72.5 Å². The molecule has 3 aromatic rings. The zero-order valence-electron chi connectivity index (χ0n) is 18.5. The van der Waals surface area contributed by atoms with Gasteiger partial charge in [-0.3, -0.25) is 0 Å². The maximum Gasteiger partial charge on any atom is 0.375 e. The fraction of sp³-hybridized carbons (Fsp3) is 0.333. The number of aryl methyl sites for hydroxylation is 1. The molecule has 0 radical (unpaired) electrons. The highest BCUT2D eigenvalue weighted by molar-refractivity contribution is 8.06. The van der Waals surface area contributed by atoms with Crippen LogP contribution in [0.1, 0.15) is 67.6 Å². The van der Waals surface area contributed by atoms with Crippen LogP contribution in [0.2, 0.25) is 0 Å². The molecule has 0 aliphatic carbocycles. The summed E-state index contributed by atoms with van der Waals surface area (Å²) in [5.74, 6) is 0.958. The molecule has 0 amide bonds. The predicted molar refractivity (Wildman–Crippen MR) is 137 cm³/mol. The zero-order chi connectivity index (χ0) is 22.7. The lowest BCUT2D eigenvalue weighted by molar-refractivity contribution is 0.368. The van der Waals surface area contributed by atoms with Crippen LogP contribution >= 0.6 is 6.72 Å². The van der Waals surface area contributed by atoms with Gasteiger partial charge in [-0.25, -0.2) is 0 Å². The molecule has 0 unspecified atom stereocenters. The highest BCUT2D eigenvalue weighted by atomic mass is 32.5. The Morgan fingerprint density at radius 1 is 0.656 bits per heavy atom. The van der Waals surface area contributed by atoms with E-state index in [0.29, 0.717) is 11.7 Å². The molecule has 0 aliphatic heterocycles. The van der Waals surface area contributed by atoms with Crippen LogP contribution in [-0.2, 0) is 18.2 Å². The van der Waals surface area contributed by atoms with E-state index in [-0.39, 0.29) is 0 Å². The number of rotatable bonds is 13. The van der Waals surface area contributed by atoms with E-state index >= 15 is 0 Å². The Kier molecular flexibility index (Phi) is 9.95. The van der Waals surface area contributed by atoms with Crippen LogP contribution in [0.3, 0.4) is 0 Å². The highest BCUT2D eigenvalue weighted by Crippen LogP contribution is 2.39. The van der Waals surface area contributed by atoms with Crippen LogP contribution in [0.5, 0.6) is 5.75 Å². The minimum Gasteiger partial charge on any atom is -0.424 e. The van der Waals surface area contributed by atoms with Crippen molar-refractivity contribution in [2.75, 3.05) is 0 Å². The largest absolute Gasteiger partial charge is 0.424 e.